The Labute approximate surface area is 107 Å². The minimum Gasteiger partial charge on any atom is -0.356 e. The molecule has 0 fully saturated rings. The average Bonchev–Trinajstić information content (AvgIpc) is 2.70. The van der Waals surface area contributed by atoms with E-state index in [4.69, 9.17) is 4.52 Å². The first-order valence-corrected chi connectivity index (χ1v) is 6.50. The molecule has 1 amide bonds. The molecular weight excluding hydrogens is 319 g/mol. The average molecular weight is 330 g/mol. The molecule has 1 aromatic carbocycles. The third-order valence-electron chi connectivity index (χ3n) is 2.20. The van der Waals surface area contributed by atoms with Crippen molar-refractivity contribution < 1.29 is 9.32 Å². The summed E-state index contributed by atoms with van der Waals surface area (Å²) in [6.07, 6.45) is 0.271. The number of carbonyl (C=O) groups excluding carboxylic acids is 1. The van der Waals surface area contributed by atoms with Crippen molar-refractivity contribution >= 4 is 39.5 Å². The molecule has 0 radical (unpaired) electrons. The van der Waals surface area contributed by atoms with Gasteiger partial charge >= 0.3 is 0 Å². The molecule has 5 heteroatoms. The lowest BCUT2D eigenvalue weighted by Gasteiger charge is -2.00. The molecule has 0 saturated carbocycles. The molecule has 0 aliphatic heterocycles. The van der Waals surface area contributed by atoms with Gasteiger partial charge in [0.25, 0.3) is 0 Å². The molecule has 1 N–H and O–H groups in total. The first-order valence-electron chi connectivity index (χ1n) is 4.97. The van der Waals surface area contributed by atoms with E-state index in [-0.39, 0.29) is 12.3 Å². The van der Waals surface area contributed by atoms with Crippen LogP contribution in [0.5, 0.6) is 0 Å². The highest BCUT2D eigenvalue weighted by molar-refractivity contribution is 14.1. The molecule has 84 valence electrons. The number of rotatable bonds is 4. The van der Waals surface area contributed by atoms with Gasteiger partial charge in [-0.1, -0.05) is 39.9 Å². The monoisotopic (exact) mass is 330 g/mol. The van der Waals surface area contributed by atoms with Crippen molar-refractivity contribution in [3.63, 3.8) is 0 Å². The lowest BCUT2D eigenvalue weighted by atomic mass is 10.2. The minimum absolute atomic E-state index is 0.0179. The highest BCUT2D eigenvalue weighted by Gasteiger charge is 2.11. The van der Waals surface area contributed by atoms with Gasteiger partial charge in [0, 0.05) is 16.4 Å². The molecule has 2 rings (SSSR count). The first kappa shape index (κ1) is 11.4. The number of nitrogens with one attached hydrogen (secondary N) is 1. The van der Waals surface area contributed by atoms with Crippen LogP contribution in [0.4, 0.5) is 0 Å². The number of fused-ring (bicyclic) bond motifs is 1. The number of halogens is 1. The molecule has 0 atom stereocenters. The summed E-state index contributed by atoms with van der Waals surface area (Å²) < 4.78 is 6.03. The van der Waals surface area contributed by atoms with Crippen LogP contribution in [0.15, 0.2) is 28.8 Å². The van der Waals surface area contributed by atoms with Crippen LogP contribution in [-0.2, 0) is 11.2 Å². The molecule has 16 heavy (non-hydrogen) atoms. The zero-order valence-corrected chi connectivity index (χ0v) is 10.7. The van der Waals surface area contributed by atoms with Gasteiger partial charge in [0.05, 0.1) is 6.42 Å². The Morgan fingerprint density at radius 3 is 3.06 bits per heavy atom. The highest BCUT2D eigenvalue weighted by atomic mass is 127. The van der Waals surface area contributed by atoms with E-state index in [1.54, 1.807) is 0 Å². The zero-order valence-electron chi connectivity index (χ0n) is 8.57. The Morgan fingerprint density at radius 2 is 2.25 bits per heavy atom. The van der Waals surface area contributed by atoms with Gasteiger partial charge in [0.15, 0.2) is 5.58 Å². The number of aromatic nitrogens is 1. The maximum Gasteiger partial charge on any atom is 0.226 e. The third kappa shape index (κ3) is 2.52. The molecule has 1 aromatic heterocycles. The zero-order chi connectivity index (χ0) is 11.4. The largest absolute Gasteiger partial charge is 0.356 e. The van der Waals surface area contributed by atoms with Gasteiger partial charge in [-0.15, -0.1) is 0 Å². The summed E-state index contributed by atoms with van der Waals surface area (Å²) in [6, 6.07) is 7.54. The lowest BCUT2D eigenvalue weighted by Crippen LogP contribution is -2.26. The van der Waals surface area contributed by atoms with Gasteiger partial charge in [-0.2, -0.15) is 0 Å². The van der Waals surface area contributed by atoms with E-state index >= 15 is 0 Å². The predicted octanol–water partition coefficient (Wildman–Crippen LogP) is 1.92. The van der Waals surface area contributed by atoms with E-state index in [0.717, 1.165) is 15.4 Å². The first-order chi connectivity index (χ1) is 7.81. The van der Waals surface area contributed by atoms with Crippen LogP contribution in [0.25, 0.3) is 11.0 Å². The van der Waals surface area contributed by atoms with E-state index in [0.29, 0.717) is 12.2 Å². The number of carbonyl (C=O) groups is 1. The Morgan fingerprint density at radius 1 is 1.44 bits per heavy atom. The number of para-hydroxylation sites is 1. The highest BCUT2D eigenvalue weighted by Crippen LogP contribution is 2.17. The summed E-state index contributed by atoms with van der Waals surface area (Å²) in [5.41, 5.74) is 1.42. The Balaban J connectivity index is 2.12. The van der Waals surface area contributed by atoms with Crippen molar-refractivity contribution in [1.29, 1.82) is 0 Å². The lowest BCUT2D eigenvalue weighted by molar-refractivity contribution is -0.120. The maximum atomic E-state index is 11.5. The summed E-state index contributed by atoms with van der Waals surface area (Å²) in [7, 11) is 0. The summed E-state index contributed by atoms with van der Waals surface area (Å²) in [6.45, 7) is 0.690. The normalized spacial score (nSPS) is 10.6. The van der Waals surface area contributed by atoms with Gasteiger partial charge in [0.1, 0.15) is 5.69 Å². The van der Waals surface area contributed by atoms with Crippen LogP contribution >= 0.6 is 22.6 Å². The number of alkyl halides is 1. The van der Waals surface area contributed by atoms with E-state index in [1.165, 1.54) is 0 Å². The summed E-state index contributed by atoms with van der Waals surface area (Å²) in [5.74, 6) is -0.0179. The van der Waals surface area contributed by atoms with Gasteiger partial charge in [-0.25, -0.2) is 0 Å². The summed E-state index contributed by atoms with van der Waals surface area (Å²) in [4.78, 5) is 11.5. The molecule has 0 unspecified atom stereocenters. The van der Waals surface area contributed by atoms with Gasteiger partial charge in [-0.3, -0.25) is 4.79 Å². The van der Waals surface area contributed by atoms with E-state index in [2.05, 4.69) is 33.1 Å². The fourth-order valence-corrected chi connectivity index (χ4v) is 1.74. The van der Waals surface area contributed by atoms with Crippen LogP contribution in [0.1, 0.15) is 5.69 Å². The number of benzene rings is 1. The van der Waals surface area contributed by atoms with Crippen molar-refractivity contribution in [2.24, 2.45) is 0 Å². The van der Waals surface area contributed by atoms with E-state index < -0.39 is 0 Å². The molecule has 4 nitrogen and oxygen atoms in total. The van der Waals surface area contributed by atoms with Crippen molar-refractivity contribution in [2.75, 3.05) is 11.0 Å². The van der Waals surface area contributed by atoms with Crippen LogP contribution in [0.3, 0.4) is 0 Å². The topological polar surface area (TPSA) is 55.1 Å². The number of hydrogen-bond acceptors (Lipinski definition) is 3. The Kier molecular flexibility index (Phi) is 3.76. The molecule has 2 aromatic rings. The van der Waals surface area contributed by atoms with Crippen molar-refractivity contribution in [2.45, 2.75) is 6.42 Å². The second-order valence-electron chi connectivity index (χ2n) is 3.34. The van der Waals surface area contributed by atoms with Crippen LogP contribution < -0.4 is 5.32 Å². The fourth-order valence-electron chi connectivity index (χ4n) is 1.47. The quantitative estimate of drug-likeness (QED) is 0.688. The molecule has 0 aliphatic carbocycles. The second kappa shape index (κ2) is 5.29. The van der Waals surface area contributed by atoms with Crippen molar-refractivity contribution in [3.05, 3.63) is 30.0 Å². The molecular formula is C11H11IN2O2. The molecule has 0 aliphatic rings. The summed E-state index contributed by atoms with van der Waals surface area (Å²) >= 11 is 2.22. The SMILES string of the molecule is O=C(Cc1noc2ccccc12)NCCI. The fraction of sp³-hybridized carbons (Fsp3) is 0.273. The van der Waals surface area contributed by atoms with Crippen LogP contribution in [0, 0.1) is 0 Å². The summed E-state index contributed by atoms with van der Waals surface area (Å²) in [5, 5.41) is 7.62. The second-order valence-corrected chi connectivity index (χ2v) is 4.42. The number of nitrogens with zero attached hydrogens (tertiary/aromatic N) is 1. The predicted molar refractivity (Wildman–Crippen MR) is 69.6 cm³/mol. The molecule has 0 spiro atoms. The maximum absolute atomic E-state index is 11.5. The minimum atomic E-state index is -0.0179. The third-order valence-corrected chi connectivity index (χ3v) is 2.74. The standard InChI is InChI=1S/C11H11IN2O2/c12-5-6-13-11(15)7-9-8-3-1-2-4-10(8)16-14-9/h1-4H,5-7H2,(H,13,15). The van der Waals surface area contributed by atoms with Crippen LogP contribution in [-0.4, -0.2) is 22.0 Å². The van der Waals surface area contributed by atoms with Crippen molar-refractivity contribution in [3.8, 4) is 0 Å². The van der Waals surface area contributed by atoms with Gasteiger partial charge in [0.2, 0.25) is 5.91 Å². The van der Waals surface area contributed by atoms with E-state index in [9.17, 15) is 4.79 Å². The van der Waals surface area contributed by atoms with Crippen molar-refractivity contribution in [1.82, 2.24) is 10.5 Å². The molecule has 0 saturated heterocycles. The Hall–Kier alpha value is -1.11. The number of amides is 1. The van der Waals surface area contributed by atoms with Crippen LogP contribution in [0.2, 0.25) is 0 Å². The Bertz CT molecular complexity index is 495. The number of hydrogen-bond donors (Lipinski definition) is 1. The van der Waals surface area contributed by atoms with Gasteiger partial charge < -0.3 is 9.84 Å². The molecule has 1 heterocycles. The smallest absolute Gasteiger partial charge is 0.226 e. The van der Waals surface area contributed by atoms with Gasteiger partial charge in [-0.05, 0) is 12.1 Å². The van der Waals surface area contributed by atoms with E-state index in [1.807, 2.05) is 24.3 Å². The molecule has 0 bridgehead atoms.